The van der Waals surface area contributed by atoms with Crippen LogP contribution in [-0.2, 0) is 11.3 Å². The highest BCUT2D eigenvalue weighted by Crippen LogP contribution is 2.37. The Hall–Kier alpha value is -2.20. The maximum atomic E-state index is 12.1. The Morgan fingerprint density at radius 1 is 1.20 bits per heavy atom. The van der Waals surface area contributed by atoms with Crippen LogP contribution >= 0.6 is 11.6 Å². The monoisotopic (exact) mass is 288 g/mol. The highest BCUT2D eigenvalue weighted by molar-refractivity contribution is 6.30. The van der Waals surface area contributed by atoms with Gasteiger partial charge in [0.1, 0.15) is 0 Å². The van der Waals surface area contributed by atoms with Crippen LogP contribution < -0.4 is 15.4 Å². The molecule has 0 atom stereocenters. The second kappa shape index (κ2) is 5.06. The number of benzene rings is 2. The molecular formula is C15H13ClN2O2. The summed E-state index contributed by atoms with van der Waals surface area (Å²) in [4.78, 5) is 13.8. The molecule has 0 radical (unpaired) electrons. The van der Waals surface area contributed by atoms with Crippen LogP contribution in [0.25, 0.3) is 0 Å². The standard InChI is InChI=1S/C15H13ClN2O2/c16-11-6-4-10(5-7-11)8-18-13-3-1-2-12(17)15(13)20-9-14(18)19/h1-7H,8-9,17H2. The summed E-state index contributed by atoms with van der Waals surface area (Å²) in [7, 11) is 0. The molecule has 0 bridgehead atoms. The molecule has 1 aliphatic heterocycles. The summed E-state index contributed by atoms with van der Waals surface area (Å²) < 4.78 is 5.42. The average molecular weight is 289 g/mol. The zero-order chi connectivity index (χ0) is 14.1. The van der Waals surface area contributed by atoms with Crippen LogP contribution in [0.1, 0.15) is 5.56 Å². The third-order valence-corrected chi connectivity index (χ3v) is 3.46. The second-order valence-electron chi connectivity index (χ2n) is 4.59. The molecule has 0 fully saturated rings. The first kappa shape index (κ1) is 12.8. The molecule has 102 valence electrons. The Morgan fingerprint density at radius 3 is 2.70 bits per heavy atom. The molecule has 1 aliphatic rings. The molecule has 1 amide bonds. The molecule has 2 aromatic rings. The van der Waals surface area contributed by atoms with Gasteiger partial charge in [-0.3, -0.25) is 4.79 Å². The molecule has 20 heavy (non-hydrogen) atoms. The predicted octanol–water partition coefficient (Wildman–Crippen LogP) is 2.85. The number of fused-ring (bicyclic) bond motifs is 1. The molecule has 0 aromatic heterocycles. The van der Waals surface area contributed by atoms with E-state index in [-0.39, 0.29) is 12.5 Å². The van der Waals surface area contributed by atoms with Gasteiger partial charge < -0.3 is 15.4 Å². The minimum Gasteiger partial charge on any atom is -0.479 e. The van der Waals surface area contributed by atoms with Gasteiger partial charge in [-0.25, -0.2) is 0 Å². The highest BCUT2D eigenvalue weighted by Gasteiger charge is 2.26. The predicted molar refractivity (Wildman–Crippen MR) is 79.0 cm³/mol. The first-order valence-corrected chi connectivity index (χ1v) is 6.59. The number of halogens is 1. The fourth-order valence-corrected chi connectivity index (χ4v) is 2.33. The number of hydrogen-bond acceptors (Lipinski definition) is 3. The van der Waals surface area contributed by atoms with E-state index in [9.17, 15) is 4.79 Å². The number of anilines is 2. The number of nitrogens with zero attached hydrogens (tertiary/aromatic N) is 1. The van der Waals surface area contributed by atoms with Gasteiger partial charge in [-0.2, -0.15) is 0 Å². The van der Waals surface area contributed by atoms with Crippen molar-refractivity contribution in [3.63, 3.8) is 0 Å². The Kier molecular flexibility index (Phi) is 3.24. The lowest BCUT2D eigenvalue weighted by Crippen LogP contribution is -2.38. The van der Waals surface area contributed by atoms with Crippen molar-refractivity contribution in [1.82, 2.24) is 0 Å². The van der Waals surface area contributed by atoms with Gasteiger partial charge >= 0.3 is 0 Å². The molecule has 0 saturated carbocycles. The Labute approximate surface area is 121 Å². The van der Waals surface area contributed by atoms with E-state index >= 15 is 0 Å². The third-order valence-electron chi connectivity index (χ3n) is 3.21. The lowest BCUT2D eigenvalue weighted by Gasteiger charge is -2.30. The van der Waals surface area contributed by atoms with Crippen molar-refractivity contribution in [3.8, 4) is 5.75 Å². The van der Waals surface area contributed by atoms with E-state index in [1.165, 1.54) is 0 Å². The van der Waals surface area contributed by atoms with Gasteiger partial charge in [-0.15, -0.1) is 0 Å². The quantitative estimate of drug-likeness (QED) is 0.865. The van der Waals surface area contributed by atoms with E-state index in [2.05, 4.69) is 0 Å². The Morgan fingerprint density at radius 2 is 1.95 bits per heavy atom. The van der Waals surface area contributed by atoms with Crippen molar-refractivity contribution >= 4 is 28.9 Å². The fourth-order valence-electron chi connectivity index (χ4n) is 2.20. The number of hydrogen-bond donors (Lipinski definition) is 1. The van der Waals surface area contributed by atoms with Gasteiger partial charge in [-0.05, 0) is 29.8 Å². The minimum absolute atomic E-state index is 0.00873. The fraction of sp³-hybridized carbons (Fsp3) is 0.133. The summed E-state index contributed by atoms with van der Waals surface area (Å²) in [6.07, 6.45) is 0. The third kappa shape index (κ3) is 2.30. The number of amides is 1. The van der Waals surface area contributed by atoms with E-state index in [4.69, 9.17) is 22.1 Å². The minimum atomic E-state index is -0.0851. The normalized spacial score (nSPS) is 13.8. The number of rotatable bonds is 2. The maximum absolute atomic E-state index is 12.1. The van der Waals surface area contributed by atoms with E-state index in [0.29, 0.717) is 28.7 Å². The molecule has 2 aromatic carbocycles. The van der Waals surface area contributed by atoms with E-state index in [1.807, 2.05) is 36.4 Å². The molecule has 1 heterocycles. The van der Waals surface area contributed by atoms with Crippen molar-refractivity contribution < 1.29 is 9.53 Å². The van der Waals surface area contributed by atoms with Crippen LogP contribution in [0, 0.1) is 0 Å². The van der Waals surface area contributed by atoms with Gasteiger partial charge in [0.2, 0.25) is 0 Å². The van der Waals surface area contributed by atoms with Crippen LogP contribution in [0.15, 0.2) is 42.5 Å². The molecular weight excluding hydrogens is 276 g/mol. The Balaban J connectivity index is 1.95. The van der Waals surface area contributed by atoms with Gasteiger partial charge in [0.05, 0.1) is 17.9 Å². The van der Waals surface area contributed by atoms with Crippen LogP contribution in [0.2, 0.25) is 5.02 Å². The van der Waals surface area contributed by atoms with Crippen LogP contribution in [0.4, 0.5) is 11.4 Å². The zero-order valence-electron chi connectivity index (χ0n) is 10.7. The summed E-state index contributed by atoms with van der Waals surface area (Å²) in [5.74, 6) is 0.485. The summed E-state index contributed by atoms with van der Waals surface area (Å²) in [5.41, 5.74) is 8.12. The van der Waals surface area contributed by atoms with Crippen LogP contribution in [0.5, 0.6) is 5.75 Å². The number of nitrogens with two attached hydrogens (primary N) is 1. The van der Waals surface area contributed by atoms with Gasteiger partial charge in [0, 0.05) is 5.02 Å². The summed E-state index contributed by atoms with van der Waals surface area (Å²) in [5, 5.41) is 0.673. The molecule has 4 nitrogen and oxygen atoms in total. The van der Waals surface area contributed by atoms with E-state index in [0.717, 1.165) is 5.56 Å². The number of ether oxygens (including phenoxy) is 1. The summed E-state index contributed by atoms with van der Waals surface area (Å²) in [6.45, 7) is 0.477. The second-order valence-corrected chi connectivity index (χ2v) is 5.03. The lowest BCUT2D eigenvalue weighted by atomic mass is 10.1. The van der Waals surface area contributed by atoms with Crippen molar-refractivity contribution in [2.45, 2.75) is 6.54 Å². The molecule has 0 spiro atoms. The average Bonchev–Trinajstić information content (AvgIpc) is 2.44. The molecule has 0 saturated heterocycles. The van der Waals surface area contributed by atoms with Crippen molar-refractivity contribution in [1.29, 1.82) is 0 Å². The summed E-state index contributed by atoms with van der Waals surface area (Å²) >= 11 is 5.87. The molecule has 5 heteroatoms. The maximum Gasteiger partial charge on any atom is 0.265 e. The van der Waals surface area contributed by atoms with E-state index < -0.39 is 0 Å². The first-order chi connectivity index (χ1) is 9.65. The summed E-state index contributed by atoms with van der Waals surface area (Å²) in [6, 6.07) is 12.8. The van der Waals surface area contributed by atoms with Crippen molar-refractivity contribution in [2.24, 2.45) is 0 Å². The van der Waals surface area contributed by atoms with Crippen LogP contribution in [-0.4, -0.2) is 12.5 Å². The highest BCUT2D eigenvalue weighted by atomic mass is 35.5. The number of nitrogen functional groups attached to an aromatic ring is 1. The number of carbonyl (C=O) groups is 1. The number of para-hydroxylation sites is 1. The SMILES string of the molecule is Nc1cccc2c1OCC(=O)N2Cc1ccc(Cl)cc1. The van der Waals surface area contributed by atoms with E-state index in [1.54, 1.807) is 11.0 Å². The molecule has 0 unspecified atom stereocenters. The molecule has 0 aliphatic carbocycles. The molecule has 2 N–H and O–H groups in total. The largest absolute Gasteiger partial charge is 0.479 e. The topological polar surface area (TPSA) is 55.6 Å². The Bertz CT molecular complexity index is 655. The van der Waals surface area contributed by atoms with Gasteiger partial charge in [0.15, 0.2) is 12.4 Å². The zero-order valence-corrected chi connectivity index (χ0v) is 11.4. The van der Waals surface area contributed by atoms with Crippen molar-refractivity contribution in [3.05, 3.63) is 53.1 Å². The van der Waals surface area contributed by atoms with Crippen LogP contribution in [0.3, 0.4) is 0 Å². The lowest BCUT2D eigenvalue weighted by molar-refractivity contribution is -0.121. The van der Waals surface area contributed by atoms with Gasteiger partial charge in [0.25, 0.3) is 5.91 Å². The van der Waals surface area contributed by atoms with Crippen molar-refractivity contribution in [2.75, 3.05) is 17.2 Å². The number of carbonyl (C=O) groups excluding carboxylic acids is 1. The smallest absolute Gasteiger partial charge is 0.265 e. The molecule has 3 rings (SSSR count). The first-order valence-electron chi connectivity index (χ1n) is 6.21. The van der Waals surface area contributed by atoms with Gasteiger partial charge in [-0.1, -0.05) is 29.8 Å².